The Bertz CT molecular complexity index is 1030. The summed E-state index contributed by atoms with van der Waals surface area (Å²) in [6.45, 7) is 1.14. The van der Waals surface area contributed by atoms with Crippen LogP contribution in [-0.2, 0) is 11.2 Å². The molecule has 0 bridgehead atoms. The van der Waals surface area contributed by atoms with Crippen molar-refractivity contribution in [2.75, 3.05) is 17.7 Å². The first-order valence-corrected chi connectivity index (χ1v) is 9.46. The summed E-state index contributed by atoms with van der Waals surface area (Å²) in [7, 11) is 0. The molecule has 0 amide bonds. The number of imidazole rings is 1. The molecule has 3 unspecified atom stereocenters. The van der Waals surface area contributed by atoms with E-state index in [4.69, 9.17) is 10.5 Å². The molecule has 1 saturated heterocycles. The van der Waals surface area contributed by atoms with Crippen molar-refractivity contribution in [3.05, 3.63) is 42.2 Å². The lowest BCUT2D eigenvalue weighted by molar-refractivity contribution is -0.0511. The summed E-state index contributed by atoms with van der Waals surface area (Å²) in [5.74, 6) is 0.137. The summed E-state index contributed by atoms with van der Waals surface area (Å²) in [6, 6.07) is 9.44. The van der Waals surface area contributed by atoms with E-state index in [-0.39, 0.29) is 22.9 Å². The van der Waals surface area contributed by atoms with Gasteiger partial charge in [0.1, 0.15) is 29.6 Å². The van der Waals surface area contributed by atoms with Gasteiger partial charge in [-0.2, -0.15) is 9.97 Å². The number of aromatic nitrogens is 4. The maximum atomic E-state index is 10.8. The van der Waals surface area contributed by atoms with Gasteiger partial charge < -0.3 is 36.2 Å². The molecule has 30 heavy (non-hydrogen) atoms. The number of anilines is 2. The number of nitrogens with two attached hydrogens (primary N) is 1. The van der Waals surface area contributed by atoms with Gasteiger partial charge in [-0.1, -0.05) is 30.3 Å². The minimum Gasteiger partial charge on any atom is -0.394 e. The van der Waals surface area contributed by atoms with Crippen LogP contribution in [0.1, 0.15) is 18.7 Å². The summed E-state index contributed by atoms with van der Waals surface area (Å²) < 4.78 is 6.96. The van der Waals surface area contributed by atoms with E-state index in [0.717, 1.165) is 5.56 Å². The third-order valence-electron chi connectivity index (χ3n) is 5.01. The van der Waals surface area contributed by atoms with Crippen LogP contribution in [0.25, 0.3) is 11.2 Å². The Morgan fingerprint density at radius 2 is 1.93 bits per heavy atom. The summed E-state index contributed by atoms with van der Waals surface area (Å²) in [6.07, 6.45) is -2.86. The molecular formula is C19H24N6O5. The highest BCUT2D eigenvalue weighted by Gasteiger charge is 2.44. The maximum absolute atomic E-state index is 10.8. The molecule has 3 aromatic rings. The van der Waals surface area contributed by atoms with Crippen LogP contribution in [0.3, 0.4) is 0 Å². The Balaban J connectivity index is 1.64. The fourth-order valence-corrected chi connectivity index (χ4v) is 3.57. The molecule has 5 atom stereocenters. The van der Waals surface area contributed by atoms with Crippen LogP contribution in [0, 0.1) is 0 Å². The van der Waals surface area contributed by atoms with Crippen molar-refractivity contribution >= 4 is 22.9 Å². The highest BCUT2D eigenvalue weighted by molar-refractivity contribution is 5.83. The summed E-state index contributed by atoms with van der Waals surface area (Å²) >= 11 is 0. The van der Waals surface area contributed by atoms with E-state index in [1.807, 2.05) is 30.3 Å². The number of nitrogen functional groups attached to an aromatic ring is 1. The number of nitrogens with zero attached hydrogens (tertiary/aromatic N) is 4. The first kappa shape index (κ1) is 20.4. The largest absolute Gasteiger partial charge is 0.394 e. The predicted octanol–water partition coefficient (Wildman–Crippen LogP) is -0.617. The summed E-state index contributed by atoms with van der Waals surface area (Å²) in [5, 5.41) is 43.3. The Hall–Kier alpha value is -2.83. The summed E-state index contributed by atoms with van der Waals surface area (Å²) in [4.78, 5) is 12.7. The van der Waals surface area contributed by atoms with Crippen molar-refractivity contribution in [3.63, 3.8) is 0 Å². The molecule has 7 N–H and O–H groups in total. The van der Waals surface area contributed by atoms with E-state index >= 15 is 0 Å². The molecule has 3 heterocycles. The normalized spacial score (nSPS) is 26.0. The summed E-state index contributed by atoms with van der Waals surface area (Å²) in [5.41, 5.74) is 6.09. The van der Waals surface area contributed by atoms with Crippen LogP contribution in [-0.4, -0.2) is 70.6 Å². The van der Waals surface area contributed by atoms with Gasteiger partial charge in [-0.25, -0.2) is 4.98 Å². The number of ether oxygens (including phenoxy) is 1. The van der Waals surface area contributed by atoms with Gasteiger partial charge in [0.05, 0.1) is 12.9 Å². The smallest absolute Gasteiger partial charge is 0.229 e. The molecule has 2 aromatic heterocycles. The van der Waals surface area contributed by atoms with Gasteiger partial charge >= 0.3 is 0 Å². The number of rotatable bonds is 6. The number of hydrogen-bond acceptors (Lipinski definition) is 10. The maximum Gasteiger partial charge on any atom is 0.229 e. The van der Waals surface area contributed by atoms with Gasteiger partial charge in [-0.15, -0.1) is 0 Å². The molecule has 1 fully saturated rings. The number of benzene rings is 1. The average molecular weight is 416 g/mol. The first-order chi connectivity index (χ1) is 14.3. The zero-order chi connectivity index (χ0) is 21.5. The first-order valence-electron chi connectivity index (χ1n) is 9.46. The quantitative estimate of drug-likeness (QED) is 0.285. The minimum absolute atomic E-state index is 0.0643. The zero-order valence-electron chi connectivity index (χ0n) is 16.3. The van der Waals surface area contributed by atoms with Crippen LogP contribution < -0.4 is 11.1 Å². The van der Waals surface area contributed by atoms with E-state index in [1.165, 1.54) is 10.9 Å². The topological polar surface area (TPSA) is 172 Å². The molecule has 0 aliphatic carbocycles. The van der Waals surface area contributed by atoms with Crippen LogP contribution in [0.2, 0.25) is 0 Å². The number of hydrogen-bond donors (Lipinski definition) is 6. The van der Waals surface area contributed by atoms with Crippen LogP contribution in [0.15, 0.2) is 36.7 Å². The Morgan fingerprint density at radius 1 is 1.20 bits per heavy atom. The molecule has 4 rings (SSSR count). The second kappa shape index (κ2) is 7.78. The van der Waals surface area contributed by atoms with Gasteiger partial charge in [0.25, 0.3) is 0 Å². The van der Waals surface area contributed by atoms with E-state index in [0.29, 0.717) is 6.42 Å². The molecule has 1 aliphatic rings. The Morgan fingerprint density at radius 3 is 2.60 bits per heavy atom. The standard InChI is InChI=1S/C19H24N6O5/c1-19(29,7-10-5-3-2-4-6-10)24-18-22-15(20)12-16(23-18)25(9-21-12)17-14(28)13(27)11(8-26)30-17/h2-6,9,11,13-14,17,26-29H,7-8H2,1H3,(H3,20,22,23,24)/t11-,13?,14?,17-,19?/m1/s1. The third kappa shape index (κ3) is 3.80. The molecule has 0 saturated carbocycles. The zero-order valence-corrected chi connectivity index (χ0v) is 16.3. The molecule has 11 heteroatoms. The highest BCUT2D eigenvalue weighted by atomic mass is 16.6. The Labute approximate surface area is 171 Å². The van der Waals surface area contributed by atoms with Crippen LogP contribution in [0.4, 0.5) is 11.8 Å². The fourth-order valence-electron chi connectivity index (χ4n) is 3.57. The lowest BCUT2D eigenvalue weighted by Gasteiger charge is -2.25. The van der Waals surface area contributed by atoms with Crippen LogP contribution >= 0.6 is 0 Å². The minimum atomic E-state index is -1.37. The lowest BCUT2D eigenvalue weighted by atomic mass is 10.0. The van der Waals surface area contributed by atoms with Crippen molar-refractivity contribution in [3.8, 4) is 0 Å². The highest BCUT2D eigenvalue weighted by Crippen LogP contribution is 2.32. The van der Waals surface area contributed by atoms with E-state index < -0.39 is 36.9 Å². The number of aliphatic hydroxyl groups excluding tert-OH is 3. The predicted molar refractivity (Wildman–Crippen MR) is 107 cm³/mol. The molecule has 160 valence electrons. The van der Waals surface area contributed by atoms with E-state index in [1.54, 1.807) is 6.92 Å². The number of nitrogens with one attached hydrogen (secondary N) is 1. The van der Waals surface area contributed by atoms with Gasteiger partial charge in [-0.05, 0) is 12.5 Å². The van der Waals surface area contributed by atoms with Gasteiger partial charge in [0.15, 0.2) is 17.7 Å². The van der Waals surface area contributed by atoms with Crippen molar-refractivity contribution < 1.29 is 25.2 Å². The monoisotopic (exact) mass is 416 g/mol. The number of fused-ring (bicyclic) bond motifs is 1. The molecular weight excluding hydrogens is 392 g/mol. The average Bonchev–Trinajstić information content (AvgIpc) is 3.23. The van der Waals surface area contributed by atoms with Gasteiger partial charge in [0, 0.05) is 6.42 Å². The molecule has 0 spiro atoms. The SMILES string of the molecule is CC(O)(Cc1ccccc1)Nc1nc(N)c2ncn([C@@H]3O[C@H](CO)C(O)C3O)c2n1. The Kier molecular flexibility index (Phi) is 5.30. The van der Waals surface area contributed by atoms with Crippen molar-refractivity contribution in [2.24, 2.45) is 0 Å². The lowest BCUT2D eigenvalue weighted by Crippen LogP contribution is -2.37. The van der Waals surface area contributed by atoms with E-state index in [2.05, 4.69) is 20.3 Å². The molecule has 11 nitrogen and oxygen atoms in total. The molecule has 0 radical (unpaired) electrons. The molecule has 1 aromatic carbocycles. The second-order valence-corrected chi connectivity index (χ2v) is 7.55. The van der Waals surface area contributed by atoms with Gasteiger partial charge in [-0.3, -0.25) is 4.57 Å². The van der Waals surface area contributed by atoms with E-state index in [9.17, 15) is 20.4 Å². The van der Waals surface area contributed by atoms with Gasteiger partial charge in [0.2, 0.25) is 5.95 Å². The van der Waals surface area contributed by atoms with Crippen LogP contribution in [0.5, 0.6) is 0 Å². The second-order valence-electron chi connectivity index (χ2n) is 7.55. The number of aliphatic hydroxyl groups is 4. The molecule has 1 aliphatic heterocycles. The van der Waals surface area contributed by atoms with Crippen molar-refractivity contribution in [2.45, 2.75) is 43.6 Å². The van der Waals surface area contributed by atoms with Crippen molar-refractivity contribution in [1.82, 2.24) is 19.5 Å². The van der Waals surface area contributed by atoms with Crippen molar-refractivity contribution in [1.29, 1.82) is 0 Å². The third-order valence-corrected chi connectivity index (χ3v) is 5.01. The fraction of sp³-hybridized carbons (Fsp3) is 0.421.